The summed E-state index contributed by atoms with van der Waals surface area (Å²) in [4.78, 5) is 11.8. The Kier molecular flexibility index (Phi) is 4.83. The van der Waals surface area contributed by atoms with Gasteiger partial charge in [-0.25, -0.2) is 0 Å². The van der Waals surface area contributed by atoms with Crippen molar-refractivity contribution in [2.24, 2.45) is 5.92 Å². The molecule has 0 unspecified atom stereocenters. The first-order chi connectivity index (χ1) is 6.92. The number of rotatable bonds is 2. The smallest absolute Gasteiger partial charge is 0.309 e. The molecule has 88 valence electrons. The lowest BCUT2D eigenvalue weighted by Gasteiger charge is -2.29. The van der Waals surface area contributed by atoms with E-state index in [1.807, 2.05) is 20.8 Å². The van der Waals surface area contributed by atoms with Crippen LogP contribution in [-0.4, -0.2) is 17.6 Å². The standard InChI is InChI=1S/C11H20INO2/c1-11(2,3)15-10(14)8-4-6-9(13-12)7-5-8/h8-9,13H,4-7H2,1-3H3/t8-,9-. The van der Waals surface area contributed by atoms with Crippen LogP contribution in [0.3, 0.4) is 0 Å². The van der Waals surface area contributed by atoms with Gasteiger partial charge in [0.15, 0.2) is 0 Å². The summed E-state index contributed by atoms with van der Waals surface area (Å²) in [5.74, 6) is 0.0969. The van der Waals surface area contributed by atoms with Crippen molar-refractivity contribution in [1.29, 1.82) is 0 Å². The van der Waals surface area contributed by atoms with Crippen LogP contribution in [0, 0.1) is 5.92 Å². The van der Waals surface area contributed by atoms with Crippen LogP contribution >= 0.6 is 22.9 Å². The monoisotopic (exact) mass is 325 g/mol. The van der Waals surface area contributed by atoms with E-state index in [0.29, 0.717) is 6.04 Å². The molecule has 0 aromatic heterocycles. The molecule has 3 nitrogen and oxygen atoms in total. The van der Waals surface area contributed by atoms with E-state index >= 15 is 0 Å². The Morgan fingerprint density at radius 2 is 1.80 bits per heavy atom. The average Bonchev–Trinajstić information content (AvgIpc) is 2.15. The molecule has 1 saturated carbocycles. The minimum atomic E-state index is -0.352. The number of ether oxygens (including phenoxy) is 1. The Morgan fingerprint density at radius 1 is 1.27 bits per heavy atom. The molecule has 15 heavy (non-hydrogen) atoms. The first-order valence-electron chi connectivity index (χ1n) is 5.51. The normalized spacial score (nSPS) is 27.5. The van der Waals surface area contributed by atoms with E-state index in [4.69, 9.17) is 4.74 Å². The SMILES string of the molecule is CC(C)(C)OC(=O)[C@H]1CC[C@H](NI)CC1. The van der Waals surface area contributed by atoms with Crippen LogP contribution in [0.1, 0.15) is 46.5 Å². The number of halogens is 1. The number of esters is 1. The number of nitrogens with one attached hydrogen (secondary N) is 1. The molecule has 0 heterocycles. The van der Waals surface area contributed by atoms with Crippen molar-refractivity contribution < 1.29 is 9.53 Å². The molecule has 0 amide bonds. The largest absolute Gasteiger partial charge is 0.460 e. The fourth-order valence-electron chi connectivity index (χ4n) is 1.82. The van der Waals surface area contributed by atoms with Crippen molar-refractivity contribution in [2.75, 3.05) is 0 Å². The summed E-state index contributed by atoms with van der Waals surface area (Å²) in [6.07, 6.45) is 4.06. The van der Waals surface area contributed by atoms with Gasteiger partial charge in [0, 0.05) is 28.9 Å². The van der Waals surface area contributed by atoms with Crippen molar-refractivity contribution in [3.05, 3.63) is 0 Å². The maximum atomic E-state index is 11.8. The molecule has 0 spiro atoms. The van der Waals surface area contributed by atoms with Gasteiger partial charge in [-0.3, -0.25) is 8.32 Å². The number of hydrogen-bond donors (Lipinski definition) is 1. The predicted molar refractivity (Wildman–Crippen MR) is 68.7 cm³/mol. The second-order valence-electron chi connectivity index (χ2n) is 5.19. The second kappa shape index (κ2) is 5.48. The third-order valence-electron chi connectivity index (χ3n) is 2.62. The Balaban J connectivity index is 2.37. The minimum Gasteiger partial charge on any atom is -0.460 e. The number of carbonyl (C=O) groups excluding carboxylic acids is 1. The summed E-state index contributed by atoms with van der Waals surface area (Å²) < 4.78 is 8.61. The molecular weight excluding hydrogens is 305 g/mol. The van der Waals surface area contributed by atoms with Gasteiger partial charge in [-0.2, -0.15) is 0 Å². The predicted octanol–water partition coefficient (Wildman–Crippen LogP) is 2.83. The molecule has 0 atom stereocenters. The van der Waals surface area contributed by atoms with Gasteiger partial charge in [0.25, 0.3) is 0 Å². The molecule has 0 aromatic rings. The lowest BCUT2D eigenvalue weighted by molar-refractivity contribution is -0.161. The van der Waals surface area contributed by atoms with Gasteiger partial charge in [-0.15, -0.1) is 0 Å². The second-order valence-corrected chi connectivity index (χ2v) is 5.81. The zero-order valence-corrected chi connectivity index (χ0v) is 11.8. The maximum absolute atomic E-state index is 11.8. The molecule has 0 aromatic carbocycles. The zero-order valence-electron chi connectivity index (χ0n) is 9.68. The Hall–Kier alpha value is 0.160. The highest BCUT2D eigenvalue weighted by Crippen LogP contribution is 2.27. The molecule has 1 rings (SSSR count). The van der Waals surface area contributed by atoms with Crippen molar-refractivity contribution in [3.63, 3.8) is 0 Å². The van der Waals surface area contributed by atoms with Gasteiger partial charge in [0.05, 0.1) is 5.92 Å². The molecule has 4 heteroatoms. The fraction of sp³-hybridized carbons (Fsp3) is 0.909. The van der Waals surface area contributed by atoms with Crippen LogP contribution in [-0.2, 0) is 9.53 Å². The molecule has 1 fully saturated rings. The summed E-state index contributed by atoms with van der Waals surface area (Å²) in [6, 6.07) is 0.573. The summed E-state index contributed by atoms with van der Waals surface area (Å²) in [6.45, 7) is 5.76. The maximum Gasteiger partial charge on any atom is 0.309 e. The van der Waals surface area contributed by atoms with Crippen molar-refractivity contribution in [1.82, 2.24) is 3.53 Å². The van der Waals surface area contributed by atoms with Gasteiger partial charge >= 0.3 is 5.97 Å². The highest BCUT2D eigenvalue weighted by atomic mass is 127. The Bertz CT molecular complexity index is 217. The van der Waals surface area contributed by atoms with Crippen LogP contribution in [0.15, 0.2) is 0 Å². The summed E-state index contributed by atoms with van der Waals surface area (Å²) in [7, 11) is 0. The molecule has 0 radical (unpaired) electrons. The molecule has 0 bridgehead atoms. The lowest BCUT2D eigenvalue weighted by atomic mass is 9.86. The third-order valence-corrected chi connectivity index (χ3v) is 3.50. The number of carbonyl (C=O) groups is 1. The Labute approximate surface area is 106 Å². The van der Waals surface area contributed by atoms with E-state index < -0.39 is 0 Å². The molecular formula is C11H20INO2. The van der Waals surface area contributed by atoms with Crippen LogP contribution < -0.4 is 3.53 Å². The van der Waals surface area contributed by atoms with E-state index in [9.17, 15) is 4.79 Å². The van der Waals surface area contributed by atoms with Crippen LogP contribution in [0.2, 0.25) is 0 Å². The molecule has 1 aliphatic rings. The first kappa shape index (κ1) is 13.2. The fourth-order valence-corrected chi connectivity index (χ4v) is 2.45. The average molecular weight is 325 g/mol. The highest BCUT2D eigenvalue weighted by Gasteiger charge is 2.29. The minimum absolute atomic E-state index is 0.0191. The van der Waals surface area contributed by atoms with Crippen LogP contribution in [0.5, 0.6) is 0 Å². The van der Waals surface area contributed by atoms with Gasteiger partial charge in [0.2, 0.25) is 0 Å². The van der Waals surface area contributed by atoms with Crippen molar-refractivity contribution in [3.8, 4) is 0 Å². The quantitative estimate of drug-likeness (QED) is 0.482. The van der Waals surface area contributed by atoms with Gasteiger partial charge in [-0.05, 0) is 46.5 Å². The van der Waals surface area contributed by atoms with E-state index in [0.717, 1.165) is 25.7 Å². The van der Waals surface area contributed by atoms with Crippen LogP contribution in [0.25, 0.3) is 0 Å². The van der Waals surface area contributed by atoms with Gasteiger partial charge in [-0.1, -0.05) is 0 Å². The topological polar surface area (TPSA) is 38.3 Å². The van der Waals surface area contributed by atoms with Crippen molar-refractivity contribution >= 4 is 28.8 Å². The number of hydrogen-bond acceptors (Lipinski definition) is 3. The molecule has 0 aliphatic heterocycles. The van der Waals surface area contributed by atoms with E-state index in [1.165, 1.54) is 0 Å². The lowest BCUT2D eigenvalue weighted by Crippen LogP contribution is -2.34. The summed E-state index contributed by atoms with van der Waals surface area (Å²) >= 11 is 2.19. The van der Waals surface area contributed by atoms with Crippen molar-refractivity contribution in [2.45, 2.75) is 58.1 Å². The van der Waals surface area contributed by atoms with Gasteiger partial charge in [0.1, 0.15) is 5.60 Å². The summed E-state index contributed by atoms with van der Waals surface area (Å²) in [5, 5.41) is 0. The molecule has 1 N–H and O–H groups in total. The molecule has 1 aliphatic carbocycles. The van der Waals surface area contributed by atoms with Crippen LogP contribution in [0.4, 0.5) is 0 Å². The summed E-state index contributed by atoms with van der Waals surface area (Å²) in [5.41, 5.74) is -0.352. The first-order valence-corrected chi connectivity index (χ1v) is 6.59. The Morgan fingerprint density at radius 3 is 2.20 bits per heavy atom. The highest BCUT2D eigenvalue weighted by molar-refractivity contribution is 14.1. The van der Waals surface area contributed by atoms with Gasteiger partial charge < -0.3 is 4.74 Å². The molecule has 0 saturated heterocycles. The third kappa shape index (κ3) is 4.68. The van der Waals surface area contributed by atoms with E-state index in [-0.39, 0.29) is 17.5 Å². The van der Waals surface area contributed by atoms with E-state index in [2.05, 4.69) is 26.4 Å². The van der Waals surface area contributed by atoms with E-state index in [1.54, 1.807) is 0 Å². The zero-order chi connectivity index (χ0) is 11.5.